The molecule has 0 radical (unpaired) electrons. The van der Waals surface area contributed by atoms with Crippen LogP contribution in [-0.4, -0.2) is 30.6 Å². The Labute approximate surface area is 124 Å². The molecule has 20 heavy (non-hydrogen) atoms. The molecule has 1 aromatic rings. The number of likely N-dealkylation sites (N-methyl/N-ethyl adjacent to an activating group) is 1. The predicted octanol–water partition coefficient (Wildman–Crippen LogP) is 3.75. The van der Waals surface area contributed by atoms with Gasteiger partial charge in [0.05, 0.1) is 0 Å². The fourth-order valence-electron chi connectivity index (χ4n) is 3.79. The molecule has 0 aromatic heterocycles. The summed E-state index contributed by atoms with van der Waals surface area (Å²) in [5, 5.41) is 3.86. The van der Waals surface area contributed by atoms with E-state index in [1.807, 2.05) is 0 Å². The van der Waals surface area contributed by atoms with E-state index in [9.17, 15) is 0 Å². The van der Waals surface area contributed by atoms with E-state index in [2.05, 4.69) is 57.0 Å². The molecule has 1 aliphatic rings. The lowest BCUT2D eigenvalue weighted by molar-refractivity contribution is 0.192. The molecule has 0 spiro atoms. The van der Waals surface area contributed by atoms with Crippen molar-refractivity contribution in [3.8, 4) is 0 Å². The number of nitrogens with one attached hydrogen (secondary N) is 1. The summed E-state index contributed by atoms with van der Waals surface area (Å²) < 4.78 is 0. The molecule has 0 bridgehead atoms. The van der Waals surface area contributed by atoms with E-state index in [1.165, 1.54) is 54.7 Å². The van der Waals surface area contributed by atoms with Crippen molar-refractivity contribution in [3.05, 3.63) is 34.4 Å². The van der Waals surface area contributed by atoms with Crippen LogP contribution in [-0.2, 0) is 0 Å². The van der Waals surface area contributed by atoms with Crippen LogP contribution < -0.4 is 5.32 Å². The Bertz CT molecular complexity index is 430. The molecular weight excluding hydrogens is 244 g/mol. The Morgan fingerprint density at radius 3 is 2.50 bits per heavy atom. The lowest BCUT2D eigenvalue weighted by Gasteiger charge is -2.34. The molecule has 1 aliphatic heterocycles. The average Bonchev–Trinajstić information content (AvgIpc) is 2.37. The zero-order valence-electron chi connectivity index (χ0n) is 13.8. The highest BCUT2D eigenvalue weighted by molar-refractivity contribution is 5.39. The Hall–Kier alpha value is -0.860. The van der Waals surface area contributed by atoms with E-state index in [4.69, 9.17) is 0 Å². The summed E-state index contributed by atoms with van der Waals surface area (Å²) >= 11 is 0. The number of piperidine rings is 1. The second-order valence-corrected chi connectivity index (χ2v) is 6.43. The highest BCUT2D eigenvalue weighted by Crippen LogP contribution is 2.24. The summed E-state index contributed by atoms with van der Waals surface area (Å²) in [5.41, 5.74) is 5.70. The minimum absolute atomic E-state index is 0.442. The van der Waals surface area contributed by atoms with E-state index in [0.29, 0.717) is 12.1 Å². The summed E-state index contributed by atoms with van der Waals surface area (Å²) in [7, 11) is 0. The van der Waals surface area contributed by atoms with Gasteiger partial charge in [0.15, 0.2) is 0 Å². The first-order valence-electron chi connectivity index (χ1n) is 8.07. The number of hydrogen-bond donors (Lipinski definition) is 1. The van der Waals surface area contributed by atoms with Crippen LogP contribution in [0, 0.1) is 20.8 Å². The normalized spacial score (nSPS) is 21.9. The molecule has 2 heteroatoms. The molecule has 2 rings (SSSR count). The van der Waals surface area contributed by atoms with Gasteiger partial charge in [-0.2, -0.15) is 0 Å². The van der Waals surface area contributed by atoms with Gasteiger partial charge in [-0.25, -0.2) is 0 Å². The smallest absolute Gasteiger partial charge is 0.0300 e. The second kappa shape index (κ2) is 6.73. The maximum Gasteiger partial charge on any atom is 0.0300 e. The third-order valence-corrected chi connectivity index (χ3v) is 4.61. The third kappa shape index (κ3) is 3.62. The van der Waals surface area contributed by atoms with Crippen LogP contribution in [0.3, 0.4) is 0 Å². The van der Waals surface area contributed by atoms with E-state index in [-0.39, 0.29) is 0 Å². The first-order valence-corrected chi connectivity index (χ1v) is 8.07. The number of benzene rings is 1. The fraction of sp³-hybridized carbons (Fsp3) is 0.667. The van der Waals surface area contributed by atoms with Crippen LogP contribution in [0.25, 0.3) is 0 Å². The Kier molecular flexibility index (Phi) is 5.22. The quantitative estimate of drug-likeness (QED) is 0.899. The minimum Gasteiger partial charge on any atom is -0.306 e. The zero-order chi connectivity index (χ0) is 14.7. The summed E-state index contributed by atoms with van der Waals surface area (Å²) in [6, 6.07) is 5.69. The number of rotatable bonds is 4. The van der Waals surface area contributed by atoms with Gasteiger partial charge in [-0.1, -0.05) is 24.6 Å². The number of likely N-dealkylation sites (tertiary alicyclic amines) is 1. The maximum atomic E-state index is 3.86. The van der Waals surface area contributed by atoms with Crippen LogP contribution in [0.4, 0.5) is 0 Å². The lowest BCUT2D eigenvalue weighted by atomic mass is 9.93. The average molecular weight is 274 g/mol. The monoisotopic (exact) mass is 274 g/mol. The first kappa shape index (κ1) is 15.5. The van der Waals surface area contributed by atoms with Gasteiger partial charge in [0.25, 0.3) is 0 Å². The van der Waals surface area contributed by atoms with E-state index >= 15 is 0 Å². The largest absolute Gasteiger partial charge is 0.306 e. The molecule has 0 saturated carbocycles. The molecule has 1 fully saturated rings. The lowest BCUT2D eigenvalue weighted by Crippen LogP contribution is -2.46. The van der Waals surface area contributed by atoms with Crippen molar-refractivity contribution >= 4 is 0 Å². The molecule has 1 aromatic carbocycles. The third-order valence-electron chi connectivity index (χ3n) is 4.61. The van der Waals surface area contributed by atoms with Crippen LogP contribution in [0.5, 0.6) is 0 Å². The van der Waals surface area contributed by atoms with Gasteiger partial charge in [-0.15, -0.1) is 0 Å². The van der Waals surface area contributed by atoms with Gasteiger partial charge in [-0.05, 0) is 70.3 Å². The molecule has 1 heterocycles. The van der Waals surface area contributed by atoms with Crippen LogP contribution in [0.15, 0.2) is 12.1 Å². The van der Waals surface area contributed by atoms with Gasteiger partial charge in [0.1, 0.15) is 0 Å². The fourth-order valence-corrected chi connectivity index (χ4v) is 3.79. The summed E-state index contributed by atoms with van der Waals surface area (Å²) in [4.78, 5) is 2.56. The second-order valence-electron chi connectivity index (χ2n) is 6.43. The molecule has 0 amide bonds. The summed E-state index contributed by atoms with van der Waals surface area (Å²) in [5.74, 6) is 0. The molecular formula is C18H30N2. The Morgan fingerprint density at radius 1 is 1.25 bits per heavy atom. The van der Waals surface area contributed by atoms with Gasteiger partial charge >= 0.3 is 0 Å². The van der Waals surface area contributed by atoms with Crippen molar-refractivity contribution in [1.82, 2.24) is 10.2 Å². The van der Waals surface area contributed by atoms with Crippen molar-refractivity contribution in [3.63, 3.8) is 0 Å². The van der Waals surface area contributed by atoms with Crippen LogP contribution >= 0.6 is 0 Å². The van der Waals surface area contributed by atoms with Crippen LogP contribution in [0.2, 0.25) is 0 Å². The van der Waals surface area contributed by atoms with Crippen molar-refractivity contribution in [2.24, 2.45) is 0 Å². The summed E-state index contributed by atoms with van der Waals surface area (Å²) in [6.07, 6.45) is 2.63. The van der Waals surface area contributed by atoms with Gasteiger partial charge in [0.2, 0.25) is 0 Å². The maximum absolute atomic E-state index is 3.86. The topological polar surface area (TPSA) is 15.3 Å². The highest BCUT2D eigenvalue weighted by Gasteiger charge is 2.21. The SMILES string of the molecule is CCN1CCCC(NC(C)c2c(C)cc(C)cc2C)C1. The standard InChI is InChI=1S/C18H30N2/c1-6-20-9-7-8-17(12-20)19-16(5)18-14(3)10-13(2)11-15(18)4/h10-11,16-17,19H,6-9,12H2,1-5H3. The predicted molar refractivity (Wildman–Crippen MR) is 87.3 cm³/mol. The van der Waals surface area contributed by atoms with Crippen molar-refractivity contribution in [2.75, 3.05) is 19.6 Å². The first-order chi connectivity index (χ1) is 9.51. The van der Waals surface area contributed by atoms with E-state index in [1.54, 1.807) is 0 Å². The summed E-state index contributed by atoms with van der Waals surface area (Å²) in [6.45, 7) is 14.9. The highest BCUT2D eigenvalue weighted by atomic mass is 15.2. The molecule has 2 nitrogen and oxygen atoms in total. The van der Waals surface area contributed by atoms with E-state index in [0.717, 1.165) is 0 Å². The van der Waals surface area contributed by atoms with Crippen molar-refractivity contribution in [2.45, 2.75) is 59.5 Å². The Morgan fingerprint density at radius 2 is 1.90 bits per heavy atom. The minimum atomic E-state index is 0.442. The molecule has 1 saturated heterocycles. The molecule has 1 N–H and O–H groups in total. The Balaban J connectivity index is 2.06. The van der Waals surface area contributed by atoms with Crippen molar-refractivity contribution in [1.29, 1.82) is 0 Å². The van der Waals surface area contributed by atoms with Gasteiger partial charge < -0.3 is 10.2 Å². The van der Waals surface area contributed by atoms with Crippen LogP contribution in [0.1, 0.15) is 55.0 Å². The zero-order valence-corrected chi connectivity index (χ0v) is 13.8. The number of nitrogens with zero attached hydrogens (tertiary/aromatic N) is 1. The number of hydrogen-bond acceptors (Lipinski definition) is 2. The van der Waals surface area contributed by atoms with Crippen molar-refractivity contribution < 1.29 is 0 Å². The molecule has 112 valence electrons. The number of aryl methyl sites for hydroxylation is 3. The molecule has 2 atom stereocenters. The molecule has 0 aliphatic carbocycles. The van der Waals surface area contributed by atoms with E-state index < -0.39 is 0 Å². The molecule has 2 unspecified atom stereocenters. The van der Waals surface area contributed by atoms with Gasteiger partial charge in [0, 0.05) is 18.6 Å². The van der Waals surface area contributed by atoms with Gasteiger partial charge in [-0.3, -0.25) is 0 Å².